The molecule has 0 fully saturated rings. The minimum absolute atomic E-state index is 0.0415. The molecule has 2 N–H and O–H groups in total. The van der Waals surface area contributed by atoms with E-state index < -0.39 is 15.6 Å². The largest absolute Gasteiger partial charge is 0.508 e. The summed E-state index contributed by atoms with van der Waals surface area (Å²) < 4.78 is 27.4. The number of phenols is 1. The molecule has 0 bridgehead atoms. The molecule has 0 aromatic heterocycles. The van der Waals surface area contributed by atoms with Crippen molar-refractivity contribution in [1.29, 1.82) is 5.26 Å². The first-order chi connectivity index (χ1) is 10.6. The zero-order valence-corrected chi connectivity index (χ0v) is 14.0. The molecule has 2 aromatic carbocycles. The van der Waals surface area contributed by atoms with Crippen LogP contribution >= 0.6 is 0 Å². The molecular weight excluding hydrogens is 312 g/mol. The highest BCUT2D eigenvalue weighted by molar-refractivity contribution is 7.89. The van der Waals surface area contributed by atoms with Crippen LogP contribution in [0.15, 0.2) is 47.4 Å². The zero-order valence-electron chi connectivity index (χ0n) is 13.2. The normalized spacial score (nSPS) is 11.9. The highest BCUT2D eigenvalue weighted by atomic mass is 32.2. The van der Waals surface area contributed by atoms with E-state index in [9.17, 15) is 13.5 Å². The lowest BCUT2D eigenvalue weighted by molar-refractivity contribution is 0.475. The van der Waals surface area contributed by atoms with E-state index in [4.69, 9.17) is 5.26 Å². The molecule has 23 heavy (non-hydrogen) atoms. The van der Waals surface area contributed by atoms with Gasteiger partial charge in [-0.2, -0.15) is 5.26 Å². The number of benzene rings is 2. The summed E-state index contributed by atoms with van der Waals surface area (Å²) in [6.07, 6.45) is 0. The van der Waals surface area contributed by atoms with Crippen LogP contribution in [0.5, 0.6) is 5.75 Å². The van der Waals surface area contributed by atoms with Crippen LogP contribution < -0.4 is 4.72 Å². The summed E-state index contributed by atoms with van der Waals surface area (Å²) in [5, 5.41) is 18.7. The van der Waals surface area contributed by atoms with Crippen LogP contribution in [0.4, 0.5) is 0 Å². The molecule has 0 heterocycles. The van der Waals surface area contributed by atoms with E-state index in [1.807, 2.05) is 6.07 Å². The topological polar surface area (TPSA) is 90.2 Å². The number of nitrogens with one attached hydrogen (secondary N) is 1. The van der Waals surface area contributed by atoms with Crippen LogP contribution in [-0.2, 0) is 10.0 Å². The van der Waals surface area contributed by atoms with E-state index in [1.54, 1.807) is 39.0 Å². The maximum Gasteiger partial charge on any atom is 0.241 e. The lowest BCUT2D eigenvalue weighted by Crippen LogP contribution is -2.40. The van der Waals surface area contributed by atoms with Gasteiger partial charge in [-0.05, 0) is 62.2 Å². The summed E-state index contributed by atoms with van der Waals surface area (Å²) in [6, 6.07) is 12.8. The molecule has 0 aliphatic heterocycles. The molecule has 5 nitrogen and oxygen atoms in total. The van der Waals surface area contributed by atoms with Crippen LogP contribution in [0.2, 0.25) is 0 Å². The lowest BCUT2D eigenvalue weighted by Gasteiger charge is -2.20. The van der Waals surface area contributed by atoms with Crippen molar-refractivity contribution in [2.45, 2.75) is 31.2 Å². The summed E-state index contributed by atoms with van der Waals surface area (Å²) >= 11 is 0. The Morgan fingerprint density at radius 1 is 1.09 bits per heavy atom. The maximum absolute atomic E-state index is 12.4. The number of phenolic OH excluding ortho intramolecular Hbond substituents is 1. The SMILES string of the molecule is CC(C)(C)NS(=O)(=O)c1cccc(-c2cc(O)cc(C#N)c2)c1. The second-order valence-corrected chi connectivity index (χ2v) is 7.95. The molecule has 2 aromatic rings. The predicted molar refractivity (Wildman–Crippen MR) is 88.3 cm³/mol. The monoisotopic (exact) mass is 330 g/mol. The van der Waals surface area contributed by atoms with E-state index >= 15 is 0 Å². The van der Waals surface area contributed by atoms with E-state index in [0.29, 0.717) is 16.7 Å². The van der Waals surface area contributed by atoms with Gasteiger partial charge in [-0.15, -0.1) is 0 Å². The van der Waals surface area contributed by atoms with Crippen molar-refractivity contribution >= 4 is 10.0 Å². The molecule has 0 amide bonds. The van der Waals surface area contributed by atoms with Gasteiger partial charge in [0.1, 0.15) is 5.75 Å². The van der Waals surface area contributed by atoms with Gasteiger partial charge in [0.2, 0.25) is 10.0 Å². The highest BCUT2D eigenvalue weighted by Gasteiger charge is 2.22. The molecule has 0 saturated carbocycles. The van der Waals surface area contributed by atoms with Gasteiger partial charge in [-0.25, -0.2) is 13.1 Å². The molecular formula is C17H18N2O3S. The Balaban J connectivity index is 2.50. The average molecular weight is 330 g/mol. The third-order valence-corrected chi connectivity index (χ3v) is 4.72. The zero-order chi connectivity index (χ0) is 17.3. The van der Waals surface area contributed by atoms with Crippen LogP contribution in [0, 0.1) is 11.3 Å². The number of nitriles is 1. The fourth-order valence-electron chi connectivity index (χ4n) is 2.15. The lowest BCUT2D eigenvalue weighted by atomic mass is 10.0. The van der Waals surface area contributed by atoms with Crippen molar-refractivity contribution < 1.29 is 13.5 Å². The van der Waals surface area contributed by atoms with Gasteiger partial charge >= 0.3 is 0 Å². The summed E-state index contributed by atoms with van der Waals surface area (Å²) in [7, 11) is -3.65. The second-order valence-electron chi connectivity index (χ2n) is 6.26. The maximum atomic E-state index is 12.4. The molecule has 0 saturated heterocycles. The Bertz CT molecular complexity index is 875. The smallest absolute Gasteiger partial charge is 0.241 e. The van der Waals surface area contributed by atoms with Crippen molar-refractivity contribution in [1.82, 2.24) is 4.72 Å². The Hall–Kier alpha value is -2.36. The van der Waals surface area contributed by atoms with Gasteiger partial charge < -0.3 is 5.11 Å². The minimum Gasteiger partial charge on any atom is -0.508 e. The predicted octanol–water partition coefficient (Wildman–Crippen LogP) is 3.01. The van der Waals surface area contributed by atoms with E-state index in [1.165, 1.54) is 24.3 Å². The van der Waals surface area contributed by atoms with Crippen molar-refractivity contribution in [3.05, 3.63) is 48.0 Å². The Labute approximate surface area is 136 Å². The number of rotatable bonds is 3. The first kappa shape index (κ1) is 17.0. The molecule has 0 spiro atoms. The molecule has 120 valence electrons. The van der Waals surface area contributed by atoms with Crippen molar-refractivity contribution in [2.24, 2.45) is 0 Å². The van der Waals surface area contributed by atoms with Crippen LogP contribution in [0.1, 0.15) is 26.3 Å². The fourth-order valence-corrected chi connectivity index (χ4v) is 3.61. The van der Waals surface area contributed by atoms with Crippen molar-refractivity contribution in [2.75, 3.05) is 0 Å². The Kier molecular flexibility index (Phi) is 4.46. The standard InChI is InChI=1S/C17H18N2O3S/c1-17(2,3)19-23(21,22)16-6-4-5-13(10-16)14-7-12(11-18)8-15(20)9-14/h4-10,19-20H,1-3H3. The van der Waals surface area contributed by atoms with Gasteiger partial charge in [0, 0.05) is 5.54 Å². The van der Waals surface area contributed by atoms with Crippen LogP contribution in [-0.4, -0.2) is 19.1 Å². The molecule has 0 atom stereocenters. The van der Waals surface area contributed by atoms with Gasteiger partial charge in [0.25, 0.3) is 0 Å². The molecule has 6 heteroatoms. The van der Waals surface area contributed by atoms with Crippen LogP contribution in [0.25, 0.3) is 11.1 Å². The molecule has 0 aliphatic rings. The third kappa shape index (κ3) is 4.31. The van der Waals surface area contributed by atoms with Crippen molar-refractivity contribution in [3.8, 4) is 22.9 Å². The fraction of sp³-hybridized carbons (Fsp3) is 0.235. The Morgan fingerprint density at radius 3 is 2.39 bits per heavy atom. The summed E-state index contributed by atoms with van der Waals surface area (Å²) in [6.45, 7) is 5.30. The highest BCUT2D eigenvalue weighted by Crippen LogP contribution is 2.27. The van der Waals surface area contributed by atoms with E-state index in [2.05, 4.69) is 4.72 Å². The first-order valence-electron chi connectivity index (χ1n) is 6.99. The van der Waals surface area contributed by atoms with Crippen LogP contribution in [0.3, 0.4) is 0 Å². The third-order valence-electron chi connectivity index (χ3n) is 2.97. The number of hydrogen-bond donors (Lipinski definition) is 2. The van der Waals surface area contributed by atoms with E-state index in [-0.39, 0.29) is 10.6 Å². The number of hydrogen-bond acceptors (Lipinski definition) is 4. The molecule has 0 radical (unpaired) electrons. The van der Waals surface area contributed by atoms with Gasteiger partial charge in [0.05, 0.1) is 16.5 Å². The molecule has 0 unspecified atom stereocenters. The summed E-state index contributed by atoms with van der Waals surface area (Å²) in [5.41, 5.74) is 0.901. The average Bonchev–Trinajstić information content (AvgIpc) is 2.44. The summed E-state index contributed by atoms with van der Waals surface area (Å²) in [5.74, 6) is -0.0415. The molecule has 0 aliphatic carbocycles. The van der Waals surface area contributed by atoms with E-state index in [0.717, 1.165) is 0 Å². The van der Waals surface area contributed by atoms with Crippen molar-refractivity contribution in [3.63, 3.8) is 0 Å². The number of sulfonamides is 1. The van der Waals surface area contributed by atoms with Gasteiger partial charge in [0.15, 0.2) is 0 Å². The van der Waals surface area contributed by atoms with Gasteiger partial charge in [-0.1, -0.05) is 12.1 Å². The molecule has 2 rings (SSSR count). The summed E-state index contributed by atoms with van der Waals surface area (Å²) in [4.78, 5) is 0.131. The second kappa shape index (κ2) is 6.03. The quantitative estimate of drug-likeness (QED) is 0.905. The van der Waals surface area contributed by atoms with Gasteiger partial charge in [-0.3, -0.25) is 0 Å². The first-order valence-corrected chi connectivity index (χ1v) is 8.48. The number of aromatic hydroxyl groups is 1. The minimum atomic E-state index is -3.65. The Morgan fingerprint density at radius 2 is 1.78 bits per heavy atom. The number of nitrogens with zero attached hydrogens (tertiary/aromatic N) is 1.